The summed E-state index contributed by atoms with van der Waals surface area (Å²) in [7, 11) is 0. The number of carbonyl (C=O) groups excluding carboxylic acids is 4. The number of nitro benzene ring substituents is 1. The Morgan fingerprint density at radius 1 is 1.00 bits per heavy atom. The van der Waals surface area contributed by atoms with Gasteiger partial charge in [-0.15, -0.1) is 0 Å². The molecule has 3 fully saturated rings. The van der Waals surface area contributed by atoms with E-state index in [1.54, 1.807) is 0 Å². The van der Waals surface area contributed by atoms with E-state index in [0.29, 0.717) is 12.8 Å². The van der Waals surface area contributed by atoms with Gasteiger partial charge in [0.05, 0.1) is 16.0 Å². The van der Waals surface area contributed by atoms with Gasteiger partial charge in [-0.3, -0.25) is 34.2 Å². The largest absolute Gasteiger partial charge is 0.274 e. The Kier molecular flexibility index (Phi) is 4.24. The third-order valence-electron chi connectivity index (χ3n) is 6.01. The molecule has 1 atom stereocenters. The summed E-state index contributed by atoms with van der Waals surface area (Å²) in [5.41, 5.74) is -0.651. The molecule has 1 aromatic carbocycles. The number of rotatable bonds is 3. The number of nitro groups is 1. The van der Waals surface area contributed by atoms with Crippen LogP contribution in [0.4, 0.5) is 11.4 Å². The molecule has 0 bridgehead atoms. The number of likely N-dealkylation sites (tertiary alicyclic amines) is 1. The van der Waals surface area contributed by atoms with Gasteiger partial charge in [-0.2, -0.15) is 0 Å². The minimum absolute atomic E-state index is 0.0114. The van der Waals surface area contributed by atoms with Crippen molar-refractivity contribution < 1.29 is 24.1 Å². The lowest BCUT2D eigenvalue weighted by Gasteiger charge is -2.35. The second-order valence-corrected chi connectivity index (χ2v) is 7.63. The monoisotopic (exact) mass is 385 g/mol. The number of hydrogen-bond donors (Lipinski definition) is 0. The SMILES string of the molecule is O=C1CCC(N2C(=O)CC3(CCCC3)C2=O)C(=O)N1c1ccc([N+](=O)[O-])cc1. The zero-order chi connectivity index (χ0) is 20.1. The van der Waals surface area contributed by atoms with Crippen molar-refractivity contribution in [3.05, 3.63) is 34.4 Å². The fraction of sp³-hybridized carbons (Fsp3) is 0.474. The predicted molar refractivity (Wildman–Crippen MR) is 96.0 cm³/mol. The first-order valence-corrected chi connectivity index (χ1v) is 9.32. The van der Waals surface area contributed by atoms with Gasteiger partial charge >= 0.3 is 0 Å². The average Bonchev–Trinajstić information content (AvgIpc) is 3.22. The number of carbonyl (C=O) groups is 4. The summed E-state index contributed by atoms with van der Waals surface area (Å²) in [6, 6.07) is 4.05. The van der Waals surface area contributed by atoms with Crippen molar-refractivity contribution in [2.24, 2.45) is 5.41 Å². The summed E-state index contributed by atoms with van der Waals surface area (Å²) in [5, 5.41) is 10.8. The number of nitrogens with zero attached hydrogens (tertiary/aromatic N) is 3. The molecule has 0 N–H and O–H groups in total. The number of benzene rings is 1. The van der Waals surface area contributed by atoms with E-state index < -0.39 is 28.2 Å². The van der Waals surface area contributed by atoms with Gasteiger partial charge in [0.1, 0.15) is 6.04 Å². The number of hydrogen-bond acceptors (Lipinski definition) is 6. The first-order valence-electron chi connectivity index (χ1n) is 9.32. The van der Waals surface area contributed by atoms with Crippen LogP contribution in [0, 0.1) is 15.5 Å². The molecule has 1 unspecified atom stereocenters. The zero-order valence-electron chi connectivity index (χ0n) is 15.1. The summed E-state index contributed by atoms with van der Waals surface area (Å²) in [5.74, 6) is -1.75. The van der Waals surface area contributed by atoms with Crippen LogP contribution in [-0.4, -0.2) is 39.5 Å². The molecule has 1 aliphatic carbocycles. The van der Waals surface area contributed by atoms with Crippen LogP contribution < -0.4 is 4.90 Å². The van der Waals surface area contributed by atoms with Crippen LogP contribution in [-0.2, 0) is 19.2 Å². The Morgan fingerprint density at radius 3 is 2.25 bits per heavy atom. The summed E-state index contributed by atoms with van der Waals surface area (Å²) in [6.07, 6.45) is 3.32. The van der Waals surface area contributed by atoms with E-state index in [0.717, 1.165) is 22.6 Å². The maximum atomic E-state index is 13.1. The molecular weight excluding hydrogens is 366 g/mol. The molecule has 4 amide bonds. The summed E-state index contributed by atoms with van der Waals surface area (Å²) in [4.78, 5) is 63.3. The molecule has 1 saturated carbocycles. The third-order valence-corrected chi connectivity index (χ3v) is 6.01. The van der Waals surface area contributed by atoms with Crippen LogP contribution in [0.15, 0.2) is 24.3 Å². The highest BCUT2D eigenvalue weighted by molar-refractivity contribution is 6.21. The number of imide groups is 2. The quantitative estimate of drug-likeness (QED) is 0.446. The lowest BCUT2D eigenvalue weighted by Crippen LogP contribution is -2.56. The molecule has 0 radical (unpaired) electrons. The first-order chi connectivity index (χ1) is 13.3. The number of non-ortho nitro benzene ring substituents is 1. The Hall–Kier alpha value is -3.10. The highest BCUT2D eigenvalue weighted by Crippen LogP contribution is 2.48. The summed E-state index contributed by atoms with van der Waals surface area (Å²) < 4.78 is 0. The molecule has 1 spiro atoms. The van der Waals surface area contributed by atoms with E-state index in [-0.39, 0.29) is 42.5 Å². The van der Waals surface area contributed by atoms with Crippen molar-refractivity contribution >= 4 is 35.0 Å². The molecule has 3 aliphatic rings. The smallest absolute Gasteiger partial charge is 0.269 e. The van der Waals surface area contributed by atoms with Gasteiger partial charge in [-0.05, 0) is 31.4 Å². The van der Waals surface area contributed by atoms with Gasteiger partial charge < -0.3 is 0 Å². The lowest BCUT2D eigenvalue weighted by molar-refractivity contribution is -0.384. The molecule has 4 rings (SSSR count). The predicted octanol–water partition coefficient (Wildman–Crippen LogP) is 1.94. The highest BCUT2D eigenvalue weighted by atomic mass is 16.6. The number of anilines is 1. The second-order valence-electron chi connectivity index (χ2n) is 7.63. The number of amides is 4. The summed E-state index contributed by atoms with van der Waals surface area (Å²) in [6.45, 7) is 0. The molecule has 28 heavy (non-hydrogen) atoms. The van der Waals surface area contributed by atoms with E-state index >= 15 is 0 Å². The van der Waals surface area contributed by atoms with Crippen LogP contribution in [0.2, 0.25) is 0 Å². The van der Waals surface area contributed by atoms with Crippen molar-refractivity contribution in [3.8, 4) is 0 Å². The van der Waals surface area contributed by atoms with Crippen molar-refractivity contribution in [1.82, 2.24) is 4.90 Å². The number of piperidine rings is 1. The van der Waals surface area contributed by atoms with Crippen LogP contribution in [0.1, 0.15) is 44.9 Å². The van der Waals surface area contributed by atoms with E-state index in [4.69, 9.17) is 0 Å². The Morgan fingerprint density at radius 2 is 1.64 bits per heavy atom. The first kappa shape index (κ1) is 18.3. The van der Waals surface area contributed by atoms with Gasteiger partial charge in [0, 0.05) is 25.0 Å². The van der Waals surface area contributed by atoms with Crippen molar-refractivity contribution in [3.63, 3.8) is 0 Å². The third kappa shape index (κ3) is 2.69. The van der Waals surface area contributed by atoms with Crippen molar-refractivity contribution in [2.45, 2.75) is 51.0 Å². The van der Waals surface area contributed by atoms with Crippen LogP contribution in [0.5, 0.6) is 0 Å². The van der Waals surface area contributed by atoms with Gasteiger partial charge in [-0.25, -0.2) is 4.90 Å². The topological polar surface area (TPSA) is 118 Å². The van der Waals surface area contributed by atoms with Crippen molar-refractivity contribution in [1.29, 1.82) is 0 Å². The lowest BCUT2D eigenvalue weighted by atomic mass is 9.84. The molecule has 2 heterocycles. The summed E-state index contributed by atoms with van der Waals surface area (Å²) >= 11 is 0. The molecule has 0 aromatic heterocycles. The molecule has 9 heteroatoms. The zero-order valence-corrected chi connectivity index (χ0v) is 15.1. The van der Waals surface area contributed by atoms with Gasteiger partial charge in [0.2, 0.25) is 17.7 Å². The molecule has 2 aliphatic heterocycles. The molecular formula is C19H19N3O6. The molecule has 9 nitrogen and oxygen atoms in total. The van der Waals surface area contributed by atoms with Crippen LogP contribution >= 0.6 is 0 Å². The minimum atomic E-state index is -1.01. The Labute approximate surface area is 160 Å². The van der Waals surface area contributed by atoms with E-state index in [2.05, 4.69) is 0 Å². The fourth-order valence-electron chi connectivity index (χ4n) is 4.58. The van der Waals surface area contributed by atoms with E-state index in [1.165, 1.54) is 24.3 Å². The Bertz CT molecular complexity index is 887. The van der Waals surface area contributed by atoms with Gasteiger partial charge in [0.15, 0.2) is 0 Å². The minimum Gasteiger partial charge on any atom is -0.274 e. The normalized spacial score (nSPS) is 24.5. The molecule has 2 saturated heterocycles. The molecule has 146 valence electrons. The maximum absolute atomic E-state index is 13.1. The fourth-order valence-corrected chi connectivity index (χ4v) is 4.58. The van der Waals surface area contributed by atoms with Gasteiger partial charge in [-0.1, -0.05) is 12.8 Å². The molecule has 1 aromatic rings. The highest BCUT2D eigenvalue weighted by Gasteiger charge is 2.56. The maximum Gasteiger partial charge on any atom is 0.269 e. The second kappa shape index (κ2) is 6.50. The van der Waals surface area contributed by atoms with Gasteiger partial charge in [0.25, 0.3) is 11.6 Å². The average molecular weight is 385 g/mol. The van der Waals surface area contributed by atoms with E-state index in [1.807, 2.05) is 0 Å². The van der Waals surface area contributed by atoms with Crippen molar-refractivity contribution in [2.75, 3.05) is 4.90 Å². The van der Waals surface area contributed by atoms with Crippen LogP contribution in [0.25, 0.3) is 0 Å². The van der Waals surface area contributed by atoms with E-state index in [9.17, 15) is 29.3 Å². The van der Waals surface area contributed by atoms with Crippen LogP contribution in [0.3, 0.4) is 0 Å². The standard InChI is InChI=1S/C19H19N3O6/c23-15-8-7-14(21-16(24)11-19(18(21)26)9-1-2-10-19)17(25)20(15)12-3-5-13(6-4-12)22(27)28/h3-6,14H,1-2,7-11H2. The Balaban J connectivity index is 1.62.